The number of carbonyl (C=O) groups excluding carboxylic acids is 1. The summed E-state index contributed by atoms with van der Waals surface area (Å²) in [5, 5.41) is 0. The molecule has 1 rings (SSSR count). The second kappa shape index (κ2) is 5.46. The fourth-order valence-electron chi connectivity index (χ4n) is 1.39. The number of likely N-dealkylation sites (N-methyl/N-ethyl adjacent to an activating group) is 1. The molecular formula is C11H14FNO2. The van der Waals surface area contributed by atoms with Crippen LogP contribution in [0.25, 0.3) is 0 Å². The van der Waals surface area contributed by atoms with Crippen molar-refractivity contribution in [2.24, 2.45) is 0 Å². The summed E-state index contributed by atoms with van der Waals surface area (Å²) in [5.41, 5.74) is 0.728. The maximum atomic E-state index is 13.0. The van der Waals surface area contributed by atoms with Crippen LogP contribution in [0.4, 0.5) is 4.39 Å². The number of ether oxygens (including phenoxy) is 1. The van der Waals surface area contributed by atoms with Gasteiger partial charge in [-0.25, -0.2) is 4.39 Å². The van der Waals surface area contributed by atoms with E-state index in [1.54, 1.807) is 26.3 Å². The van der Waals surface area contributed by atoms with Crippen molar-refractivity contribution in [2.75, 3.05) is 20.8 Å². The van der Waals surface area contributed by atoms with Crippen LogP contribution in [-0.2, 0) is 9.53 Å². The van der Waals surface area contributed by atoms with Crippen LogP contribution < -0.4 is 0 Å². The molecule has 0 bridgehead atoms. The molecule has 0 heterocycles. The van der Waals surface area contributed by atoms with Gasteiger partial charge in [0, 0.05) is 14.2 Å². The molecule has 1 amide bonds. The monoisotopic (exact) mass is 211 g/mol. The Balaban J connectivity index is 2.92. The molecule has 0 aliphatic carbocycles. The Morgan fingerprint density at radius 3 is 2.87 bits per heavy atom. The van der Waals surface area contributed by atoms with Gasteiger partial charge in [-0.15, -0.1) is 0 Å². The molecule has 0 spiro atoms. The fourth-order valence-corrected chi connectivity index (χ4v) is 1.39. The van der Waals surface area contributed by atoms with Crippen LogP contribution in [0, 0.1) is 5.82 Å². The minimum atomic E-state index is -0.312. The molecule has 0 aliphatic heterocycles. The highest BCUT2D eigenvalue weighted by atomic mass is 19.1. The highest BCUT2D eigenvalue weighted by Crippen LogP contribution is 2.19. The highest BCUT2D eigenvalue weighted by molar-refractivity contribution is 5.48. The maximum absolute atomic E-state index is 13.0. The second-order valence-corrected chi connectivity index (χ2v) is 3.30. The zero-order valence-electron chi connectivity index (χ0n) is 8.81. The Morgan fingerprint density at radius 2 is 2.33 bits per heavy atom. The Bertz CT molecular complexity index is 330. The van der Waals surface area contributed by atoms with Crippen LogP contribution >= 0.6 is 0 Å². The molecule has 0 saturated carbocycles. The van der Waals surface area contributed by atoms with E-state index >= 15 is 0 Å². The normalized spacial score (nSPS) is 12.2. The van der Waals surface area contributed by atoms with Crippen molar-refractivity contribution < 1.29 is 13.9 Å². The molecular weight excluding hydrogens is 197 g/mol. The van der Waals surface area contributed by atoms with Crippen molar-refractivity contribution in [3.63, 3.8) is 0 Å². The third kappa shape index (κ3) is 3.02. The number of hydrogen-bond acceptors (Lipinski definition) is 2. The highest BCUT2D eigenvalue weighted by Gasteiger charge is 2.15. The first-order chi connectivity index (χ1) is 7.19. The van der Waals surface area contributed by atoms with Gasteiger partial charge in [0.2, 0.25) is 6.41 Å². The summed E-state index contributed by atoms with van der Waals surface area (Å²) in [4.78, 5) is 12.1. The van der Waals surface area contributed by atoms with E-state index in [2.05, 4.69) is 0 Å². The summed E-state index contributed by atoms with van der Waals surface area (Å²) < 4.78 is 18.0. The Labute approximate surface area is 88.5 Å². The van der Waals surface area contributed by atoms with Crippen LogP contribution in [0.3, 0.4) is 0 Å². The number of amides is 1. The van der Waals surface area contributed by atoms with Gasteiger partial charge in [-0.1, -0.05) is 12.1 Å². The summed E-state index contributed by atoms with van der Waals surface area (Å²) in [7, 11) is 3.19. The van der Waals surface area contributed by atoms with Crippen LogP contribution in [0.5, 0.6) is 0 Å². The molecule has 1 unspecified atom stereocenters. The molecule has 0 fully saturated rings. The average molecular weight is 211 g/mol. The second-order valence-electron chi connectivity index (χ2n) is 3.30. The molecule has 0 aromatic heterocycles. The van der Waals surface area contributed by atoms with Crippen molar-refractivity contribution in [3.8, 4) is 0 Å². The van der Waals surface area contributed by atoms with Gasteiger partial charge in [-0.2, -0.15) is 0 Å². The summed E-state index contributed by atoms with van der Waals surface area (Å²) in [5.74, 6) is -0.312. The van der Waals surface area contributed by atoms with Gasteiger partial charge >= 0.3 is 0 Å². The van der Waals surface area contributed by atoms with Crippen molar-refractivity contribution in [2.45, 2.75) is 6.04 Å². The summed E-state index contributed by atoms with van der Waals surface area (Å²) in [6.45, 7) is 0.346. The van der Waals surface area contributed by atoms with E-state index in [0.29, 0.717) is 13.0 Å². The quantitative estimate of drug-likeness (QED) is 0.692. The van der Waals surface area contributed by atoms with Crippen LogP contribution in [0.15, 0.2) is 24.3 Å². The van der Waals surface area contributed by atoms with E-state index < -0.39 is 0 Å². The average Bonchev–Trinajstić information content (AvgIpc) is 2.25. The van der Waals surface area contributed by atoms with Gasteiger partial charge in [0.1, 0.15) is 5.82 Å². The molecule has 0 aliphatic rings. The van der Waals surface area contributed by atoms with Crippen molar-refractivity contribution in [3.05, 3.63) is 35.6 Å². The fraction of sp³-hybridized carbons (Fsp3) is 0.364. The number of nitrogens with zero attached hydrogens (tertiary/aromatic N) is 1. The molecule has 0 N–H and O–H groups in total. The lowest BCUT2D eigenvalue weighted by Gasteiger charge is -2.24. The topological polar surface area (TPSA) is 29.5 Å². The number of carbonyl (C=O) groups is 1. The lowest BCUT2D eigenvalue weighted by atomic mass is 10.1. The van der Waals surface area contributed by atoms with E-state index in [4.69, 9.17) is 4.74 Å². The van der Waals surface area contributed by atoms with Crippen LogP contribution in [0.1, 0.15) is 11.6 Å². The van der Waals surface area contributed by atoms with Gasteiger partial charge < -0.3 is 9.64 Å². The van der Waals surface area contributed by atoms with E-state index in [1.807, 2.05) is 0 Å². The van der Waals surface area contributed by atoms with E-state index in [9.17, 15) is 9.18 Å². The number of methoxy groups -OCH3 is 1. The van der Waals surface area contributed by atoms with Crippen molar-refractivity contribution in [1.29, 1.82) is 0 Å². The van der Waals surface area contributed by atoms with E-state index in [1.165, 1.54) is 17.0 Å². The molecule has 1 aromatic carbocycles. The van der Waals surface area contributed by atoms with Crippen LogP contribution in [-0.4, -0.2) is 32.1 Å². The lowest BCUT2D eigenvalue weighted by Crippen LogP contribution is -2.26. The Morgan fingerprint density at radius 1 is 1.60 bits per heavy atom. The standard InChI is InChI=1S/C11H14FNO2/c1-13(8-14)11(7-15-2)9-4-3-5-10(12)6-9/h3-6,8,11H,7H2,1-2H3. The summed E-state index contributed by atoms with van der Waals surface area (Å²) >= 11 is 0. The molecule has 4 heteroatoms. The van der Waals surface area contributed by atoms with Crippen molar-refractivity contribution >= 4 is 6.41 Å². The first kappa shape index (κ1) is 11.7. The minimum absolute atomic E-state index is 0.247. The SMILES string of the molecule is COCC(c1cccc(F)c1)N(C)C=O. The van der Waals surface area contributed by atoms with Crippen LogP contribution in [0.2, 0.25) is 0 Å². The van der Waals surface area contributed by atoms with E-state index in [0.717, 1.165) is 5.56 Å². The first-order valence-corrected chi connectivity index (χ1v) is 4.60. The predicted octanol–water partition coefficient (Wildman–Crippen LogP) is 1.60. The number of benzene rings is 1. The largest absolute Gasteiger partial charge is 0.382 e. The zero-order valence-corrected chi connectivity index (χ0v) is 8.81. The van der Waals surface area contributed by atoms with Gasteiger partial charge in [0.05, 0.1) is 12.6 Å². The van der Waals surface area contributed by atoms with Gasteiger partial charge in [-0.3, -0.25) is 4.79 Å². The summed E-state index contributed by atoms with van der Waals surface area (Å²) in [6, 6.07) is 5.92. The van der Waals surface area contributed by atoms with Gasteiger partial charge in [0.15, 0.2) is 0 Å². The molecule has 0 radical (unpaired) electrons. The lowest BCUT2D eigenvalue weighted by molar-refractivity contribution is -0.119. The number of rotatable bonds is 5. The van der Waals surface area contributed by atoms with Crippen molar-refractivity contribution in [1.82, 2.24) is 4.90 Å². The smallest absolute Gasteiger partial charge is 0.210 e. The molecule has 82 valence electrons. The predicted molar refractivity (Wildman–Crippen MR) is 54.8 cm³/mol. The third-order valence-corrected chi connectivity index (χ3v) is 2.22. The number of hydrogen-bond donors (Lipinski definition) is 0. The Hall–Kier alpha value is -1.42. The molecule has 1 aromatic rings. The molecule has 15 heavy (non-hydrogen) atoms. The van der Waals surface area contributed by atoms with Gasteiger partial charge in [0.25, 0.3) is 0 Å². The summed E-state index contributed by atoms with van der Waals surface area (Å²) in [6.07, 6.45) is 0.703. The molecule has 1 atom stereocenters. The first-order valence-electron chi connectivity index (χ1n) is 4.60. The van der Waals surface area contributed by atoms with Gasteiger partial charge in [-0.05, 0) is 17.7 Å². The Kier molecular flexibility index (Phi) is 4.24. The van der Waals surface area contributed by atoms with E-state index in [-0.39, 0.29) is 11.9 Å². The zero-order chi connectivity index (χ0) is 11.3. The molecule has 3 nitrogen and oxygen atoms in total. The maximum Gasteiger partial charge on any atom is 0.210 e. The molecule has 0 saturated heterocycles. The minimum Gasteiger partial charge on any atom is -0.382 e. The number of halogens is 1. The third-order valence-electron chi connectivity index (χ3n) is 2.22.